The smallest absolute Gasteiger partial charge is 0.376 e. The van der Waals surface area contributed by atoms with Crippen molar-refractivity contribution < 1.29 is 24.4 Å². The van der Waals surface area contributed by atoms with Crippen LogP contribution in [0.3, 0.4) is 0 Å². The fourth-order valence-corrected chi connectivity index (χ4v) is 7.51. The van der Waals surface area contributed by atoms with Crippen LogP contribution in [0.25, 0.3) is 0 Å². The summed E-state index contributed by atoms with van der Waals surface area (Å²) in [7, 11) is -0.740. The van der Waals surface area contributed by atoms with E-state index in [1.165, 1.54) is 45.2 Å². The van der Waals surface area contributed by atoms with Gasteiger partial charge in [0.1, 0.15) is 17.3 Å². The van der Waals surface area contributed by atoms with Crippen molar-refractivity contribution in [3.05, 3.63) is 0 Å². The predicted octanol–water partition coefficient (Wildman–Crippen LogP) is 3.93. The summed E-state index contributed by atoms with van der Waals surface area (Å²) in [6.45, 7) is 13.6. The summed E-state index contributed by atoms with van der Waals surface area (Å²) in [6.07, 6.45) is 11.4. The van der Waals surface area contributed by atoms with Gasteiger partial charge >= 0.3 is 14.1 Å². The maximum atomic E-state index is 11.2. The molecule has 8 saturated heterocycles. The van der Waals surface area contributed by atoms with Crippen molar-refractivity contribution >= 4 is 47.4 Å². The van der Waals surface area contributed by atoms with E-state index in [1.54, 1.807) is 13.6 Å². The number of ketones is 3. The van der Waals surface area contributed by atoms with Gasteiger partial charge in [0.25, 0.3) is 0 Å². The number of fused-ring (bicyclic) bond motifs is 8. The molecular formula is C34H70B2BrN5O5. The molecule has 0 spiro atoms. The average Bonchev–Trinajstić information content (AvgIpc) is 3.46. The van der Waals surface area contributed by atoms with E-state index in [0.717, 1.165) is 83.5 Å². The van der Waals surface area contributed by atoms with E-state index in [1.807, 2.05) is 4.81 Å². The Hall–Kier alpha value is -0.660. The van der Waals surface area contributed by atoms with E-state index in [0.29, 0.717) is 53.9 Å². The van der Waals surface area contributed by atoms with Crippen LogP contribution in [0, 0.1) is 17.8 Å². The number of hydrogen-bond acceptors (Lipinski definition) is 10. The minimum Gasteiger partial charge on any atom is -0.437 e. The van der Waals surface area contributed by atoms with Crippen molar-refractivity contribution in [2.75, 3.05) is 70.8 Å². The summed E-state index contributed by atoms with van der Waals surface area (Å²) >= 11 is 3.18. The minimum atomic E-state index is -0.395. The predicted molar refractivity (Wildman–Crippen MR) is 202 cm³/mol. The molecular weight excluding hydrogens is 660 g/mol. The molecule has 10 nitrogen and oxygen atoms in total. The number of hydrogen-bond donors (Lipinski definition) is 3. The van der Waals surface area contributed by atoms with Gasteiger partial charge in [-0.25, -0.2) is 0 Å². The number of Topliss-reactive ketones (excluding diaryl/α,β-unsaturated/α-hetero) is 3. The van der Waals surface area contributed by atoms with Gasteiger partial charge in [0.15, 0.2) is 0 Å². The van der Waals surface area contributed by atoms with Gasteiger partial charge in [-0.05, 0) is 129 Å². The second-order valence-corrected chi connectivity index (χ2v) is 14.5. The molecule has 0 saturated carbocycles. The molecule has 0 aromatic heterocycles. The lowest BCUT2D eigenvalue weighted by molar-refractivity contribution is -0.121. The molecule has 13 heteroatoms. The first-order chi connectivity index (χ1) is 21.0. The number of nitrogens with two attached hydrogens (primary N) is 1. The summed E-state index contributed by atoms with van der Waals surface area (Å²) in [5.41, 5.74) is 5.91. The standard InChI is InChI=1S/C9H17BBrNO2.C8H16N2.C8H13NO.C6H12BNO2.3CH4/c1-10(14)12-4-2-8(3-5-12)6-9(13)7-11;9-8-5-7-1-3-10(6-8)4-2-7;10-8-5-7-1-3-9(6-8)4-2-7;1-7(10)8-4-2-6(9)3-5-8;;;/h8,14H,2-7H2,1H3;7-8H,1-6,9H2;7H,1-6H2;10H,2-5H2,1H3;3*1H4. The van der Waals surface area contributed by atoms with E-state index < -0.39 is 7.05 Å². The van der Waals surface area contributed by atoms with Crippen molar-refractivity contribution in [1.29, 1.82) is 0 Å². The monoisotopic (exact) mass is 729 g/mol. The van der Waals surface area contributed by atoms with Crippen LogP contribution < -0.4 is 5.73 Å². The van der Waals surface area contributed by atoms with Gasteiger partial charge in [-0.1, -0.05) is 38.2 Å². The normalized spacial score (nSPS) is 28.9. The molecule has 8 rings (SSSR count). The Morgan fingerprint density at radius 1 is 0.766 bits per heavy atom. The van der Waals surface area contributed by atoms with Gasteiger partial charge in [0.2, 0.25) is 0 Å². The van der Waals surface area contributed by atoms with Crippen LogP contribution in [0.2, 0.25) is 13.6 Å². The summed E-state index contributed by atoms with van der Waals surface area (Å²) < 4.78 is 0. The van der Waals surface area contributed by atoms with Crippen molar-refractivity contribution in [2.45, 2.75) is 113 Å². The molecule has 47 heavy (non-hydrogen) atoms. The Morgan fingerprint density at radius 2 is 1.26 bits per heavy atom. The van der Waals surface area contributed by atoms with Crippen molar-refractivity contribution in [3.63, 3.8) is 0 Å². The van der Waals surface area contributed by atoms with E-state index in [4.69, 9.17) is 10.8 Å². The van der Waals surface area contributed by atoms with Gasteiger partial charge in [-0.3, -0.25) is 19.3 Å². The molecule has 0 aromatic carbocycles. The Balaban J connectivity index is 0.000000593. The molecule has 274 valence electrons. The van der Waals surface area contributed by atoms with Crippen molar-refractivity contribution in [1.82, 2.24) is 19.4 Å². The molecule has 0 aromatic rings. The summed E-state index contributed by atoms with van der Waals surface area (Å²) in [4.78, 5) is 41.8. The minimum absolute atomic E-state index is 0. The number of alkyl halides is 1. The maximum Gasteiger partial charge on any atom is 0.376 e. The molecule has 1 unspecified atom stereocenters. The van der Waals surface area contributed by atoms with Crippen LogP contribution in [-0.4, -0.2) is 138 Å². The lowest BCUT2D eigenvalue weighted by atomic mass is 9.80. The van der Waals surface area contributed by atoms with Gasteiger partial charge < -0.3 is 30.3 Å². The third-order valence-electron chi connectivity index (χ3n) is 10.2. The lowest BCUT2D eigenvalue weighted by Gasteiger charge is -2.32. The van der Waals surface area contributed by atoms with Crippen LogP contribution in [0.1, 0.15) is 92.9 Å². The fraction of sp³-hybridized carbons (Fsp3) is 0.912. The third kappa shape index (κ3) is 17.7. The highest BCUT2D eigenvalue weighted by Crippen LogP contribution is 2.26. The second kappa shape index (κ2) is 24.5. The van der Waals surface area contributed by atoms with Crippen LogP contribution in [0.4, 0.5) is 0 Å². The van der Waals surface area contributed by atoms with E-state index in [-0.39, 0.29) is 29.3 Å². The van der Waals surface area contributed by atoms with Crippen LogP contribution in [0.5, 0.6) is 0 Å². The van der Waals surface area contributed by atoms with Gasteiger partial charge in [0.05, 0.1) is 11.9 Å². The first-order valence-electron chi connectivity index (χ1n) is 17.2. The number of piperidine rings is 4. The third-order valence-corrected chi connectivity index (χ3v) is 10.8. The Kier molecular flexibility index (Phi) is 24.1. The molecule has 4 N–H and O–H groups in total. The summed E-state index contributed by atoms with van der Waals surface area (Å²) in [6, 6.07) is 0.468. The lowest BCUT2D eigenvalue weighted by Crippen LogP contribution is -2.43. The number of carbonyl (C=O) groups excluding carboxylic acids is 3. The van der Waals surface area contributed by atoms with E-state index in [9.17, 15) is 19.4 Å². The highest BCUT2D eigenvalue weighted by molar-refractivity contribution is 9.09. The second-order valence-electron chi connectivity index (χ2n) is 13.9. The van der Waals surface area contributed by atoms with Crippen molar-refractivity contribution in [3.8, 4) is 0 Å². The van der Waals surface area contributed by atoms with Crippen molar-refractivity contribution in [2.24, 2.45) is 23.5 Å². The molecule has 0 amide bonds. The number of nitrogens with zero attached hydrogens (tertiary/aromatic N) is 4. The Labute approximate surface area is 297 Å². The number of rotatable bonds is 5. The number of halogens is 1. The largest absolute Gasteiger partial charge is 0.437 e. The topological polar surface area (TPSA) is 131 Å². The first-order valence-corrected chi connectivity index (χ1v) is 18.3. The van der Waals surface area contributed by atoms with Gasteiger partial charge in [-0.15, -0.1) is 0 Å². The van der Waals surface area contributed by atoms with Crippen LogP contribution >= 0.6 is 15.9 Å². The maximum absolute atomic E-state index is 11.2. The van der Waals surface area contributed by atoms with Gasteiger partial charge in [-0.2, -0.15) is 0 Å². The molecule has 0 aliphatic carbocycles. The molecule has 8 fully saturated rings. The average molecular weight is 730 g/mol. The zero-order valence-electron chi connectivity index (χ0n) is 27.4. The highest BCUT2D eigenvalue weighted by Gasteiger charge is 2.28. The Bertz CT molecular complexity index is 841. The molecule has 8 aliphatic rings. The molecule has 0 radical (unpaired) electrons. The first kappa shape index (κ1) is 46.3. The van der Waals surface area contributed by atoms with Gasteiger partial charge in [0, 0.05) is 38.3 Å². The fourth-order valence-electron chi connectivity index (χ4n) is 7.28. The summed E-state index contributed by atoms with van der Waals surface area (Å²) in [5, 5.41) is 18.9. The zero-order chi connectivity index (χ0) is 32.1. The Morgan fingerprint density at radius 3 is 1.77 bits per heavy atom. The molecule has 4 bridgehead atoms. The quantitative estimate of drug-likeness (QED) is 0.283. The van der Waals surface area contributed by atoms with Crippen LogP contribution in [-0.2, 0) is 14.4 Å². The van der Waals surface area contributed by atoms with E-state index >= 15 is 0 Å². The molecule has 8 heterocycles. The number of carbonyl (C=O) groups is 3. The molecule has 8 aliphatic heterocycles. The zero-order valence-corrected chi connectivity index (χ0v) is 29.0. The SMILES string of the molecule is C.C.C.CB(O)N1CCC(=O)CC1.CB(O)N1CCC(CC(=O)CBr)CC1.NC1CC2CCN(CC2)C1.O=C1CC2CCN(CC2)C1. The summed E-state index contributed by atoms with van der Waals surface area (Å²) in [5.74, 6) is 3.27. The van der Waals surface area contributed by atoms with E-state index in [2.05, 4.69) is 30.5 Å². The molecule has 1 atom stereocenters. The highest BCUT2D eigenvalue weighted by atomic mass is 79.9. The van der Waals surface area contributed by atoms with Crippen LogP contribution in [0.15, 0.2) is 0 Å².